The molecule has 2 aromatic rings. The number of alkyl carbamates (subject to hydrolysis) is 1. The Kier molecular flexibility index (Phi) is 10.4. The van der Waals surface area contributed by atoms with Crippen molar-refractivity contribution in [2.75, 3.05) is 20.2 Å². The molecule has 38 heavy (non-hydrogen) atoms. The number of pyridine rings is 1. The lowest BCUT2D eigenvalue weighted by Gasteiger charge is -2.51. The molecular formula is C32H47N3O3. The summed E-state index contributed by atoms with van der Waals surface area (Å²) in [4.78, 5) is 20.3. The number of ether oxygens (including phenoxy) is 2. The number of amides is 1. The lowest BCUT2D eigenvalue weighted by atomic mass is 9.73. The molecule has 208 valence electrons. The molecule has 3 aliphatic rings. The van der Waals surface area contributed by atoms with Crippen LogP contribution in [-0.2, 0) is 4.74 Å². The zero-order chi connectivity index (χ0) is 26.9. The first-order valence-electron chi connectivity index (χ1n) is 14.8. The summed E-state index contributed by atoms with van der Waals surface area (Å²) in [6, 6.07) is 8.13. The van der Waals surface area contributed by atoms with E-state index in [0.29, 0.717) is 11.8 Å². The van der Waals surface area contributed by atoms with Gasteiger partial charge in [0.1, 0.15) is 11.9 Å². The number of rotatable bonds is 14. The van der Waals surface area contributed by atoms with Gasteiger partial charge in [-0.2, -0.15) is 0 Å². The minimum atomic E-state index is -0.382. The lowest BCUT2D eigenvalue weighted by molar-refractivity contribution is -0.0502. The van der Waals surface area contributed by atoms with Gasteiger partial charge >= 0.3 is 6.09 Å². The zero-order valence-corrected chi connectivity index (χ0v) is 23.7. The molecule has 3 saturated heterocycles. The minimum absolute atomic E-state index is 0.0846. The number of hydrogen-bond donors (Lipinski definition) is 1. The van der Waals surface area contributed by atoms with Crippen LogP contribution in [0.15, 0.2) is 43.1 Å². The Balaban J connectivity index is 1.47. The second-order valence-corrected chi connectivity index (χ2v) is 11.3. The van der Waals surface area contributed by atoms with Crippen LogP contribution in [0.3, 0.4) is 0 Å². The fraction of sp³-hybridized carbons (Fsp3) is 0.625. The van der Waals surface area contributed by atoms with Crippen molar-refractivity contribution >= 4 is 17.0 Å². The largest absolute Gasteiger partial charge is 0.497 e. The van der Waals surface area contributed by atoms with Crippen LogP contribution in [0.2, 0.25) is 0 Å². The van der Waals surface area contributed by atoms with Crippen LogP contribution in [0, 0.1) is 11.8 Å². The third-order valence-corrected chi connectivity index (χ3v) is 8.63. The Hall–Kier alpha value is -2.60. The van der Waals surface area contributed by atoms with Gasteiger partial charge in [-0.25, -0.2) is 4.79 Å². The van der Waals surface area contributed by atoms with E-state index in [0.717, 1.165) is 54.6 Å². The molecule has 6 nitrogen and oxygen atoms in total. The summed E-state index contributed by atoms with van der Waals surface area (Å²) in [5, 5.41) is 4.10. The second kappa shape index (κ2) is 14.0. The van der Waals surface area contributed by atoms with Crippen LogP contribution in [0.4, 0.5) is 4.79 Å². The van der Waals surface area contributed by atoms with Crippen LogP contribution in [0.25, 0.3) is 10.9 Å². The molecule has 1 aromatic heterocycles. The Morgan fingerprint density at radius 1 is 1.21 bits per heavy atom. The number of unbranched alkanes of at least 4 members (excludes halogenated alkanes) is 6. The fourth-order valence-electron chi connectivity index (χ4n) is 6.39. The van der Waals surface area contributed by atoms with Crippen LogP contribution in [0.5, 0.6) is 5.75 Å². The van der Waals surface area contributed by atoms with E-state index in [1.807, 2.05) is 30.5 Å². The zero-order valence-electron chi connectivity index (χ0n) is 23.7. The number of hydrogen-bond acceptors (Lipinski definition) is 5. The van der Waals surface area contributed by atoms with Crippen molar-refractivity contribution in [3.05, 3.63) is 48.7 Å². The van der Waals surface area contributed by atoms with E-state index < -0.39 is 0 Å². The molecule has 0 aliphatic carbocycles. The fourth-order valence-corrected chi connectivity index (χ4v) is 6.39. The highest BCUT2D eigenvalue weighted by Gasteiger charge is 2.44. The van der Waals surface area contributed by atoms with Gasteiger partial charge < -0.3 is 14.8 Å². The maximum Gasteiger partial charge on any atom is 0.408 e. The maximum atomic E-state index is 13.3. The molecule has 1 amide bonds. The molecule has 0 saturated carbocycles. The van der Waals surface area contributed by atoms with Gasteiger partial charge in [0.15, 0.2) is 0 Å². The highest BCUT2D eigenvalue weighted by Crippen LogP contribution is 2.43. The number of carbonyl (C=O) groups excluding carboxylic acids is 1. The third-order valence-electron chi connectivity index (χ3n) is 8.63. The van der Waals surface area contributed by atoms with E-state index in [2.05, 4.69) is 41.7 Å². The summed E-state index contributed by atoms with van der Waals surface area (Å²) < 4.78 is 11.9. The number of methoxy groups -OCH3 is 1. The minimum Gasteiger partial charge on any atom is -0.497 e. The van der Waals surface area contributed by atoms with Crippen molar-refractivity contribution in [3.63, 3.8) is 0 Å². The monoisotopic (exact) mass is 521 g/mol. The Labute approximate surface area is 229 Å². The summed E-state index contributed by atoms with van der Waals surface area (Å²) in [6.45, 7) is 10.4. The van der Waals surface area contributed by atoms with E-state index in [-0.39, 0.29) is 24.3 Å². The topological polar surface area (TPSA) is 63.7 Å². The molecule has 6 atom stereocenters. The predicted octanol–water partition coefficient (Wildman–Crippen LogP) is 7.44. The Morgan fingerprint density at radius 3 is 2.71 bits per heavy atom. The summed E-state index contributed by atoms with van der Waals surface area (Å²) in [5.41, 5.74) is 1.88. The van der Waals surface area contributed by atoms with Crippen LogP contribution in [0.1, 0.15) is 89.7 Å². The van der Waals surface area contributed by atoms with E-state index >= 15 is 0 Å². The van der Waals surface area contributed by atoms with E-state index in [1.54, 1.807) is 7.11 Å². The van der Waals surface area contributed by atoms with E-state index in [4.69, 9.17) is 9.47 Å². The Bertz CT molecular complexity index is 1060. The molecule has 2 unspecified atom stereocenters. The number of carbonyl (C=O) groups is 1. The molecule has 0 spiro atoms. The molecule has 4 heterocycles. The van der Waals surface area contributed by atoms with Crippen molar-refractivity contribution in [3.8, 4) is 5.75 Å². The van der Waals surface area contributed by atoms with Gasteiger partial charge in [0.25, 0.3) is 0 Å². The molecule has 3 aliphatic heterocycles. The number of aromatic nitrogens is 1. The van der Waals surface area contributed by atoms with Gasteiger partial charge in [-0.15, -0.1) is 6.58 Å². The molecule has 1 N–H and O–H groups in total. The van der Waals surface area contributed by atoms with Crippen molar-refractivity contribution < 1.29 is 14.3 Å². The van der Waals surface area contributed by atoms with Crippen molar-refractivity contribution in [2.45, 2.75) is 96.2 Å². The molecule has 2 bridgehead atoms. The molecular weight excluding hydrogens is 474 g/mol. The lowest BCUT2D eigenvalue weighted by Crippen LogP contribution is -2.55. The third kappa shape index (κ3) is 7.07. The smallest absolute Gasteiger partial charge is 0.408 e. The van der Waals surface area contributed by atoms with Crippen LogP contribution < -0.4 is 10.1 Å². The Morgan fingerprint density at radius 2 is 2.00 bits per heavy atom. The SMILES string of the molecule is C=C[C@H]1CN2CC[C@H]1C[C@@H]2[C@@H](OC(=O)NC(C)CCCCCCCCC)c1ccnc2ccc(OC)cc12. The standard InChI is InChI=1S/C32H47N3O3/c1-5-7-8-9-10-11-12-13-23(3)34-32(36)38-31(30-20-25-17-19-35(30)22-24(25)6-2)27-16-18-33-29-15-14-26(37-4)21-28(27)29/h6,14-16,18,21,23-25,30-31H,2,5,7-13,17,19-20,22H2,1,3-4H3,(H,34,36)/t23?,24-,25-,30+,31-/m0/s1. The average molecular weight is 522 g/mol. The molecule has 3 fully saturated rings. The summed E-state index contributed by atoms with van der Waals surface area (Å²) in [5.74, 6) is 1.86. The van der Waals surface area contributed by atoms with Crippen molar-refractivity contribution in [1.82, 2.24) is 15.2 Å². The first-order chi connectivity index (χ1) is 18.5. The highest BCUT2D eigenvalue weighted by atomic mass is 16.6. The molecule has 0 radical (unpaired) electrons. The van der Waals surface area contributed by atoms with E-state index in [9.17, 15) is 4.79 Å². The number of fused-ring (bicyclic) bond motifs is 4. The van der Waals surface area contributed by atoms with Gasteiger partial charge in [0.2, 0.25) is 0 Å². The molecule has 1 aromatic carbocycles. The van der Waals surface area contributed by atoms with E-state index in [1.165, 1.54) is 44.9 Å². The van der Waals surface area contributed by atoms with Crippen molar-refractivity contribution in [1.29, 1.82) is 0 Å². The molecule has 5 rings (SSSR count). The normalized spacial score (nSPS) is 24.1. The van der Waals surface area contributed by atoms with Gasteiger partial charge in [0.05, 0.1) is 18.7 Å². The molecule has 6 heteroatoms. The first-order valence-corrected chi connectivity index (χ1v) is 14.8. The van der Waals surface area contributed by atoms with Gasteiger partial charge in [-0.3, -0.25) is 9.88 Å². The predicted molar refractivity (Wildman–Crippen MR) is 154 cm³/mol. The quantitative estimate of drug-likeness (QED) is 0.207. The summed E-state index contributed by atoms with van der Waals surface area (Å²) in [7, 11) is 1.67. The van der Waals surface area contributed by atoms with Gasteiger partial charge in [0, 0.05) is 29.7 Å². The number of nitrogens with one attached hydrogen (secondary N) is 1. The van der Waals surface area contributed by atoms with Gasteiger partial charge in [-0.1, -0.05) is 57.9 Å². The average Bonchev–Trinajstić information content (AvgIpc) is 2.95. The first kappa shape index (κ1) is 28.4. The number of piperidine rings is 3. The van der Waals surface area contributed by atoms with Crippen LogP contribution in [-0.4, -0.2) is 48.3 Å². The summed E-state index contributed by atoms with van der Waals surface area (Å²) >= 11 is 0. The highest BCUT2D eigenvalue weighted by molar-refractivity contribution is 5.84. The summed E-state index contributed by atoms with van der Waals surface area (Å²) in [6.07, 6.45) is 15.3. The second-order valence-electron chi connectivity index (χ2n) is 11.3. The number of benzene rings is 1. The number of nitrogens with zero attached hydrogens (tertiary/aromatic N) is 2. The van der Waals surface area contributed by atoms with Crippen molar-refractivity contribution in [2.24, 2.45) is 11.8 Å². The van der Waals surface area contributed by atoms with Gasteiger partial charge in [-0.05, 0) is 68.8 Å². The maximum absolute atomic E-state index is 13.3. The van der Waals surface area contributed by atoms with Crippen LogP contribution >= 0.6 is 0 Å².